The second kappa shape index (κ2) is 4.57. The van der Waals surface area contributed by atoms with Crippen LogP contribution in [0.25, 0.3) is 5.95 Å². The maximum absolute atomic E-state index is 5.39. The minimum absolute atomic E-state index is 0.357. The van der Waals surface area contributed by atoms with Gasteiger partial charge in [-0.1, -0.05) is 0 Å². The molecule has 0 amide bonds. The van der Waals surface area contributed by atoms with E-state index < -0.39 is 0 Å². The highest BCUT2D eigenvalue weighted by atomic mass is 15.4. The molecule has 1 aliphatic rings. The lowest BCUT2D eigenvalue weighted by molar-refractivity contribution is 0.838. The number of nitrogens with two attached hydrogens (primary N) is 1. The highest BCUT2D eigenvalue weighted by molar-refractivity contribution is 5.40. The van der Waals surface area contributed by atoms with Crippen molar-refractivity contribution in [1.29, 1.82) is 0 Å². The van der Waals surface area contributed by atoms with E-state index in [1.54, 1.807) is 23.3 Å². The maximum Gasteiger partial charge on any atom is 0.243 e. The second-order valence-electron chi connectivity index (χ2n) is 4.07. The van der Waals surface area contributed by atoms with E-state index in [1.165, 1.54) is 0 Å². The molecule has 0 saturated carbocycles. The van der Waals surface area contributed by atoms with Gasteiger partial charge in [-0.15, -0.1) is 0 Å². The SMILES string of the molecule is NNc1nc(N2CCCC2)nc(-n2ccnc2)n1. The zero-order chi connectivity index (χ0) is 12.4. The molecule has 0 unspecified atom stereocenters. The fourth-order valence-corrected chi connectivity index (χ4v) is 1.97. The second-order valence-corrected chi connectivity index (χ2v) is 4.07. The van der Waals surface area contributed by atoms with Crippen LogP contribution in [0.5, 0.6) is 0 Å². The number of anilines is 2. The number of hydrogen-bond donors (Lipinski definition) is 2. The molecular weight excluding hydrogens is 232 g/mol. The van der Waals surface area contributed by atoms with Crippen molar-refractivity contribution in [2.24, 2.45) is 5.84 Å². The summed E-state index contributed by atoms with van der Waals surface area (Å²) in [6.07, 6.45) is 7.43. The van der Waals surface area contributed by atoms with Gasteiger partial charge < -0.3 is 4.90 Å². The molecule has 3 rings (SSSR count). The number of hydrogen-bond acceptors (Lipinski definition) is 7. The quantitative estimate of drug-likeness (QED) is 0.578. The van der Waals surface area contributed by atoms with Gasteiger partial charge in [0.25, 0.3) is 0 Å². The van der Waals surface area contributed by atoms with E-state index in [0.29, 0.717) is 17.8 Å². The topological polar surface area (TPSA) is 97.8 Å². The number of imidazole rings is 1. The molecule has 1 saturated heterocycles. The molecule has 0 spiro atoms. The zero-order valence-electron chi connectivity index (χ0n) is 9.82. The van der Waals surface area contributed by atoms with Crippen molar-refractivity contribution >= 4 is 11.9 Å². The first-order chi connectivity index (χ1) is 8.86. The molecule has 0 radical (unpaired) electrons. The number of aromatic nitrogens is 5. The molecule has 8 nitrogen and oxygen atoms in total. The first-order valence-corrected chi connectivity index (χ1v) is 5.83. The Hall–Kier alpha value is -2.22. The fraction of sp³-hybridized carbons (Fsp3) is 0.400. The lowest BCUT2D eigenvalue weighted by atomic mass is 10.4. The summed E-state index contributed by atoms with van der Waals surface area (Å²) in [4.78, 5) is 19.0. The van der Waals surface area contributed by atoms with Gasteiger partial charge in [0.05, 0.1) is 0 Å². The average molecular weight is 246 g/mol. The zero-order valence-corrected chi connectivity index (χ0v) is 9.82. The Morgan fingerprint density at radius 1 is 1.11 bits per heavy atom. The van der Waals surface area contributed by atoms with Gasteiger partial charge in [-0.2, -0.15) is 15.0 Å². The number of hydrazine groups is 1. The van der Waals surface area contributed by atoms with Crippen molar-refractivity contribution in [3.8, 4) is 5.95 Å². The summed E-state index contributed by atoms with van der Waals surface area (Å²) in [5.74, 6) is 6.91. The van der Waals surface area contributed by atoms with Crippen molar-refractivity contribution in [3.05, 3.63) is 18.7 Å². The van der Waals surface area contributed by atoms with Crippen molar-refractivity contribution in [2.75, 3.05) is 23.4 Å². The Balaban J connectivity index is 2.01. The molecule has 18 heavy (non-hydrogen) atoms. The highest BCUT2D eigenvalue weighted by Gasteiger charge is 2.17. The fourth-order valence-electron chi connectivity index (χ4n) is 1.97. The third-order valence-electron chi connectivity index (χ3n) is 2.87. The van der Waals surface area contributed by atoms with Crippen molar-refractivity contribution in [3.63, 3.8) is 0 Å². The molecule has 3 heterocycles. The standard InChI is InChI=1S/C10H14N8/c11-16-8-13-9(17-4-1-2-5-17)15-10(14-8)18-6-3-12-7-18/h3,6-7H,1-2,4-5,11H2,(H,13,14,15,16). The Bertz CT molecular complexity index is 517. The first kappa shape index (κ1) is 10.9. The van der Waals surface area contributed by atoms with Gasteiger partial charge in [0.15, 0.2) is 0 Å². The number of nitrogens with one attached hydrogen (secondary N) is 1. The molecule has 3 N–H and O–H groups in total. The van der Waals surface area contributed by atoms with Crippen LogP contribution in [0.15, 0.2) is 18.7 Å². The number of nitrogen functional groups attached to an aromatic ring is 1. The molecule has 2 aromatic rings. The van der Waals surface area contributed by atoms with Crippen molar-refractivity contribution < 1.29 is 0 Å². The predicted octanol–water partition coefficient (Wildman–Crippen LogP) is -0.0569. The lowest BCUT2D eigenvalue weighted by Gasteiger charge is -2.16. The van der Waals surface area contributed by atoms with Crippen LogP contribution >= 0.6 is 0 Å². The molecule has 8 heteroatoms. The first-order valence-electron chi connectivity index (χ1n) is 5.83. The van der Waals surface area contributed by atoms with Crippen LogP contribution in [-0.2, 0) is 0 Å². The smallest absolute Gasteiger partial charge is 0.243 e. The van der Waals surface area contributed by atoms with E-state index in [4.69, 9.17) is 5.84 Å². The van der Waals surface area contributed by atoms with E-state index in [1.807, 2.05) is 0 Å². The normalized spacial score (nSPS) is 15.1. The monoisotopic (exact) mass is 246 g/mol. The van der Waals surface area contributed by atoms with Gasteiger partial charge in [-0.3, -0.25) is 9.99 Å². The van der Waals surface area contributed by atoms with Gasteiger partial charge in [-0.25, -0.2) is 10.8 Å². The van der Waals surface area contributed by atoms with E-state index in [9.17, 15) is 0 Å². The molecule has 0 atom stereocenters. The summed E-state index contributed by atoms with van der Waals surface area (Å²) >= 11 is 0. The molecule has 94 valence electrons. The Morgan fingerprint density at radius 3 is 2.56 bits per heavy atom. The molecule has 1 fully saturated rings. The Labute approximate surface area is 104 Å². The summed E-state index contributed by atoms with van der Waals surface area (Å²) < 4.78 is 1.72. The van der Waals surface area contributed by atoms with Crippen LogP contribution in [0.4, 0.5) is 11.9 Å². The third kappa shape index (κ3) is 1.97. The van der Waals surface area contributed by atoms with Crippen LogP contribution in [0.1, 0.15) is 12.8 Å². The molecule has 0 bridgehead atoms. The largest absolute Gasteiger partial charge is 0.341 e. The van der Waals surface area contributed by atoms with E-state index in [-0.39, 0.29) is 0 Å². The van der Waals surface area contributed by atoms with Crippen molar-refractivity contribution in [2.45, 2.75) is 12.8 Å². The van der Waals surface area contributed by atoms with Crippen molar-refractivity contribution in [1.82, 2.24) is 24.5 Å². The summed E-state index contributed by atoms with van der Waals surface area (Å²) in [7, 11) is 0. The minimum Gasteiger partial charge on any atom is -0.341 e. The van der Waals surface area contributed by atoms with E-state index >= 15 is 0 Å². The van der Waals surface area contributed by atoms with Crippen LogP contribution in [-0.4, -0.2) is 37.6 Å². The Morgan fingerprint density at radius 2 is 1.89 bits per heavy atom. The summed E-state index contributed by atoms with van der Waals surface area (Å²) in [5, 5.41) is 0. The van der Waals surface area contributed by atoms with Gasteiger partial charge in [0.1, 0.15) is 6.33 Å². The number of rotatable bonds is 3. The predicted molar refractivity (Wildman–Crippen MR) is 66.2 cm³/mol. The molecule has 0 aromatic carbocycles. The lowest BCUT2D eigenvalue weighted by Crippen LogP contribution is -2.23. The van der Waals surface area contributed by atoms with Gasteiger partial charge in [0.2, 0.25) is 17.8 Å². The van der Waals surface area contributed by atoms with Crippen LogP contribution in [0.3, 0.4) is 0 Å². The van der Waals surface area contributed by atoms with E-state index in [0.717, 1.165) is 25.9 Å². The van der Waals surface area contributed by atoms with Gasteiger partial charge in [-0.05, 0) is 12.8 Å². The summed E-state index contributed by atoms with van der Waals surface area (Å²) in [6, 6.07) is 0. The third-order valence-corrected chi connectivity index (χ3v) is 2.87. The van der Waals surface area contributed by atoms with Gasteiger partial charge in [0, 0.05) is 25.5 Å². The molecule has 0 aliphatic carbocycles. The molecule has 2 aromatic heterocycles. The summed E-state index contributed by atoms with van der Waals surface area (Å²) in [6.45, 7) is 1.94. The number of nitrogens with zero attached hydrogens (tertiary/aromatic N) is 6. The van der Waals surface area contributed by atoms with Crippen LogP contribution in [0.2, 0.25) is 0 Å². The molecular formula is C10H14N8. The summed E-state index contributed by atoms with van der Waals surface area (Å²) in [5.41, 5.74) is 2.47. The minimum atomic E-state index is 0.357. The van der Waals surface area contributed by atoms with E-state index in [2.05, 4.69) is 30.3 Å². The Kier molecular flexibility index (Phi) is 2.77. The maximum atomic E-state index is 5.39. The van der Waals surface area contributed by atoms with Gasteiger partial charge >= 0.3 is 0 Å². The highest BCUT2D eigenvalue weighted by Crippen LogP contribution is 2.17. The molecule has 1 aliphatic heterocycles. The van der Waals surface area contributed by atoms with Crippen LogP contribution < -0.4 is 16.2 Å². The average Bonchev–Trinajstić information content (AvgIpc) is 3.10. The van der Waals surface area contributed by atoms with Crippen LogP contribution in [0, 0.1) is 0 Å².